The van der Waals surface area contributed by atoms with Crippen molar-refractivity contribution in [2.75, 3.05) is 7.11 Å². The number of hydrogen-bond acceptors (Lipinski definition) is 4. The van der Waals surface area contributed by atoms with Crippen molar-refractivity contribution in [3.8, 4) is 11.5 Å². The number of ether oxygens (including phenoxy) is 1. The van der Waals surface area contributed by atoms with Gasteiger partial charge in [0.05, 0.1) is 13.2 Å². The Balaban J connectivity index is 2.78. The fourth-order valence-corrected chi connectivity index (χ4v) is 1.54. The van der Waals surface area contributed by atoms with E-state index in [9.17, 15) is 15.0 Å². The molecule has 2 atom stereocenters. The third kappa shape index (κ3) is 3.46. The summed E-state index contributed by atoms with van der Waals surface area (Å²) in [6, 6.07) is 4.87. The first-order chi connectivity index (χ1) is 7.95. The van der Waals surface area contributed by atoms with E-state index in [4.69, 9.17) is 4.74 Å². The third-order valence-electron chi connectivity index (χ3n) is 2.91. The Kier molecular flexibility index (Phi) is 4.52. The molecule has 1 aromatic rings. The van der Waals surface area contributed by atoms with Gasteiger partial charge in [-0.25, -0.2) is 0 Å². The molecule has 1 aromatic carbocycles. The van der Waals surface area contributed by atoms with E-state index < -0.39 is 12.0 Å². The minimum absolute atomic E-state index is 0.0387. The summed E-state index contributed by atoms with van der Waals surface area (Å²) in [6.45, 7) is 3.16. The first-order valence-corrected chi connectivity index (χ1v) is 5.50. The second kappa shape index (κ2) is 5.68. The molecule has 4 nitrogen and oxygen atoms in total. The number of hydrogen-bond donors (Lipinski definition) is 2. The zero-order valence-electron chi connectivity index (χ0n) is 10.3. The van der Waals surface area contributed by atoms with Crippen molar-refractivity contribution in [3.63, 3.8) is 0 Å². The zero-order chi connectivity index (χ0) is 13.0. The molecule has 0 saturated carbocycles. The van der Waals surface area contributed by atoms with Crippen molar-refractivity contribution in [1.29, 1.82) is 0 Å². The molecule has 0 aliphatic heterocycles. The number of methoxy groups -OCH3 is 1. The summed E-state index contributed by atoms with van der Waals surface area (Å²) in [6.07, 6.45) is -0.362. The van der Waals surface area contributed by atoms with Gasteiger partial charge in [-0.15, -0.1) is 0 Å². The molecule has 0 radical (unpaired) electrons. The van der Waals surface area contributed by atoms with Crippen molar-refractivity contribution < 1.29 is 19.7 Å². The number of phenols is 1. The molecule has 0 aliphatic rings. The lowest BCUT2D eigenvalue weighted by molar-refractivity contribution is -0.123. The molecule has 0 aliphatic carbocycles. The number of benzene rings is 1. The molecule has 2 N–H and O–H groups in total. The Labute approximate surface area is 101 Å². The van der Waals surface area contributed by atoms with Crippen LogP contribution in [0.2, 0.25) is 0 Å². The number of aromatic hydroxyl groups is 1. The molecule has 0 amide bonds. The zero-order valence-corrected chi connectivity index (χ0v) is 10.3. The van der Waals surface area contributed by atoms with E-state index in [1.54, 1.807) is 19.1 Å². The van der Waals surface area contributed by atoms with Gasteiger partial charge in [0.1, 0.15) is 5.78 Å². The van der Waals surface area contributed by atoms with Gasteiger partial charge in [0.15, 0.2) is 11.5 Å². The average molecular weight is 238 g/mol. The van der Waals surface area contributed by atoms with Gasteiger partial charge >= 0.3 is 0 Å². The largest absolute Gasteiger partial charge is 0.504 e. The molecule has 17 heavy (non-hydrogen) atoms. The topological polar surface area (TPSA) is 66.8 Å². The molecule has 0 heterocycles. The molecule has 0 unspecified atom stereocenters. The van der Waals surface area contributed by atoms with E-state index in [1.165, 1.54) is 20.1 Å². The minimum Gasteiger partial charge on any atom is -0.504 e. The lowest BCUT2D eigenvalue weighted by atomic mass is 9.95. The number of rotatable bonds is 5. The monoisotopic (exact) mass is 238 g/mol. The van der Waals surface area contributed by atoms with E-state index in [2.05, 4.69) is 0 Å². The fraction of sp³-hybridized carbons (Fsp3) is 0.462. The lowest BCUT2D eigenvalue weighted by Gasteiger charge is -2.16. The highest BCUT2D eigenvalue weighted by Gasteiger charge is 2.19. The highest BCUT2D eigenvalue weighted by Crippen LogP contribution is 2.27. The summed E-state index contributed by atoms with van der Waals surface area (Å²) < 4.78 is 4.98. The quantitative estimate of drug-likeness (QED) is 0.816. The number of ketones is 1. The predicted molar refractivity (Wildman–Crippen MR) is 64.2 cm³/mol. The Morgan fingerprint density at radius 1 is 1.47 bits per heavy atom. The van der Waals surface area contributed by atoms with Crippen LogP contribution in [0.3, 0.4) is 0 Å². The van der Waals surface area contributed by atoms with Gasteiger partial charge in [0.2, 0.25) is 0 Å². The number of carbonyl (C=O) groups is 1. The molecule has 94 valence electrons. The summed E-state index contributed by atoms with van der Waals surface area (Å²) >= 11 is 0. The summed E-state index contributed by atoms with van der Waals surface area (Å²) in [7, 11) is 1.47. The van der Waals surface area contributed by atoms with Gasteiger partial charge in [-0.2, -0.15) is 0 Å². The maximum Gasteiger partial charge on any atom is 0.160 e. The van der Waals surface area contributed by atoms with E-state index in [1.807, 2.05) is 0 Å². The van der Waals surface area contributed by atoms with Crippen molar-refractivity contribution in [3.05, 3.63) is 23.8 Å². The molecule has 0 saturated heterocycles. The van der Waals surface area contributed by atoms with E-state index in [0.717, 1.165) is 5.56 Å². The van der Waals surface area contributed by atoms with Crippen LogP contribution in [-0.4, -0.2) is 29.2 Å². The summed E-state index contributed by atoms with van der Waals surface area (Å²) in [5.41, 5.74) is 0.820. The fourth-order valence-electron chi connectivity index (χ4n) is 1.54. The number of carbonyl (C=O) groups excluding carboxylic acids is 1. The van der Waals surface area contributed by atoms with Gasteiger partial charge in [-0.1, -0.05) is 13.0 Å². The maximum atomic E-state index is 11.1. The van der Waals surface area contributed by atoms with Crippen LogP contribution >= 0.6 is 0 Å². The number of phenolic OH excluding ortho intramolecular Hbond substituents is 1. The molecule has 0 fully saturated rings. The highest BCUT2D eigenvalue weighted by atomic mass is 16.5. The van der Waals surface area contributed by atoms with Crippen LogP contribution < -0.4 is 4.74 Å². The Hall–Kier alpha value is -1.55. The molecular formula is C13H18O4. The van der Waals surface area contributed by atoms with Gasteiger partial charge < -0.3 is 14.9 Å². The van der Waals surface area contributed by atoms with Crippen LogP contribution in [0, 0.1) is 5.92 Å². The van der Waals surface area contributed by atoms with Crippen molar-refractivity contribution in [2.24, 2.45) is 5.92 Å². The highest BCUT2D eigenvalue weighted by molar-refractivity contribution is 5.78. The SMILES string of the molecule is COc1cc(C[C@@H](O)[C@H](C)C(C)=O)ccc1O. The predicted octanol–water partition coefficient (Wildman–Crippen LogP) is 1.53. The normalized spacial score (nSPS) is 14.1. The van der Waals surface area contributed by atoms with E-state index >= 15 is 0 Å². The average Bonchev–Trinajstić information content (AvgIpc) is 2.30. The van der Waals surface area contributed by atoms with E-state index in [-0.39, 0.29) is 11.5 Å². The number of aliphatic hydroxyl groups is 1. The van der Waals surface area contributed by atoms with Gasteiger partial charge in [0.25, 0.3) is 0 Å². The third-order valence-corrected chi connectivity index (χ3v) is 2.91. The minimum atomic E-state index is -0.721. The van der Waals surface area contributed by atoms with E-state index in [0.29, 0.717) is 12.2 Å². The second-order valence-corrected chi connectivity index (χ2v) is 4.18. The van der Waals surface area contributed by atoms with Crippen LogP contribution in [-0.2, 0) is 11.2 Å². The standard InChI is InChI=1S/C13H18O4/c1-8(9(2)14)12(16)6-10-4-5-11(15)13(7-10)17-3/h4-5,7-8,12,15-16H,6H2,1-3H3/t8-,12-/m1/s1. The Morgan fingerprint density at radius 3 is 2.65 bits per heavy atom. The lowest BCUT2D eigenvalue weighted by Crippen LogP contribution is -2.25. The maximum absolute atomic E-state index is 11.1. The van der Waals surface area contributed by atoms with Gasteiger partial charge in [-0.05, 0) is 31.0 Å². The number of Topliss-reactive ketones (excluding diaryl/α,β-unsaturated/α-hetero) is 1. The van der Waals surface area contributed by atoms with Gasteiger partial charge in [0, 0.05) is 5.92 Å². The van der Waals surface area contributed by atoms with Gasteiger partial charge in [-0.3, -0.25) is 4.79 Å². The second-order valence-electron chi connectivity index (χ2n) is 4.18. The first-order valence-electron chi connectivity index (χ1n) is 5.50. The smallest absolute Gasteiger partial charge is 0.160 e. The van der Waals surface area contributed by atoms with Crippen molar-refractivity contribution >= 4 is 5.78 Å². The summed E-state index contributed by atoms with van der Waals surface area (Å²) in [5, 5.41) is 19.3. The Morgan fingerprint density at radius 2 is 2.12 bits per heavy atom. The van der Waals surface area contributed by atoms with Crippen molar-refractivity contribution in [1.82, 2.24) is 0 Å². The number of aliphatic hydroxyl groups excluding tert-OH is 1. The molecule has 4 heteroatoms. The van der Waals surface area contributed by atoms with Crippen LogP contribution in [0.5, 0.6) is 11.5 Å². The molecular weight excluding hydrogens is 220 g/mol. The molecule has 1 rings (SSSR count). The van der Waals surface area contributed by atoms with Crippen LogP contribution in [0.4, 0.5) is 0 Å². The van der Waals surface area contributed by atoms with Crippen molar-refractivity contribution in [2.45, 2.75) is 26.4 Å². The Bertz CT molecular complexity index is 400. The summed E-state index contributed by atoms with van der Waals surface area (Å²) in [4.78, 5) is 11.1. The molecule has 0 aromatic heterocycles. The van der Waals surface area contributed by atoms with Crippen LogP contribution in [0.15, 0.2) is 18.2 Å². The van der Waals surface area contributed by atoms with Crippen LogP contribution in [0.1, 0.15) is 19.4 Å². The molecule has 0 spiro atoms. The van der Waals surface area contributed by atoms with Crippen LogP contribution in [0.25, 0.3) is 0 Å². The molecule has 0 bridgehead atoms. The summed E-state index contributed by atoms with van der Waals surface area (Å²) in [5.74, 6) is -0.00595. The first kappa shape index (κ1) is 13.5.